The predicted molar refractivity (Wildman–Crippen MR) is 163 cm³/mol. The van der Waals surface area contributed by atoms with Crippen molar-refractivity contribution in [3.63, 3.8) is 0 Å². The van der Waals surface area contributed by atoms with Crippen LogP contribution in [0.5, 0.6) is 0 Å². The molecule has 7 aromatic carbocycles. The summed E-state index contributed by atoms with van der Waals surface area (Å²) in [5.74, 6) is 0. The standard InChI is InChI=1S/C37H22N2/c38-23-24-20-32-29-12-6-4-10-26(29)14-17-31(32)36(21-24)39-34-18-16-28(25-8-2-1-3-9-25)22-33(34)37-30-13-7-5-11-27(30)15-19-35(37)39/h1-22H. The quantitative estimate of drug-likeness (QED) is 0.220. The van der Waals surface area contributed by atoms with Crippen LogP contribution in [0, 0.1) is 11.3 Å². The minimum Gasteiger partial charge on any atom is -0.309 e. The van der Waals surface area contributed by atoms with E-state index in [2.05, 4.69) is 132 Å². The molecule has 1 heterocycles. The molecule has 0 amide bonds. The Balaban J connectivity index is 1.56. The summed E-state index contributed by atoms with van der Waals surface area (Å²) in [4.78, 5) is 0. The molecule has 0 aliphatic rings. The van der Waals surface area contributed by atoms with Crippen molar-refractivity contribution in [1.29, 1.82) is 5.26 Å². The lowest BCUT2D eigenvalue weighted by atomic mass is 9.98. The maximum absolute atomic E-state index is 10.1. The van der Waals surface area contributed by atoms with Crippen LogP contribution >= 0.6 is 0 Å². The van der Waals surface area contributed by atoms with Crippen LogP contribution in [-0.4, -0.2) is 4.57 Å². The third-order valence-corrected chi connectivity index (χ3v) is 7.97. The van der Waals surface area contributed by atoms with E-state index in [-0.39, 0.29) is 0 Å². The summed E-state index contributed by atoms with van der Waals surface area (Å²) in [6.07, 6.45) is 0. The van der Waals surface area contributed by atoms with Crippen LogP contribution in [0.2, 0.25) is 0 Å². The summed E-state index contributed by atoms with van der Waals surface area (Å²) in [6, 6.07) is 49.6. The predicted octanol–water partition coefficient (Wildman–Crippen LogP) is 9.78. The SMILES string of the molecule is N#Cc1cc(-n2c3ccc(-c4ccccc4)cc3c3c4ccccc4ccc32)c2ccc3ccccc3c2c1. The van der Waals surface area contributed by atoms with Crippen molar-refractivity contribution in [3.05, 3.63) is 139 Å². The maximum atomic E-state index is 10.1. The van der Waals surface area contributed by atoms with Gasteiger partial charge in [0, 0.05) is 16.2 Å². The number of nitriles is 1. The van der Waals surface area contributed by atoms with Gasteiger partial charge in [0.2, 0.25) is 0 Å². The lowest BCUT2D eigenvalue weighted by molar-refractivity contribution is 1.20. The molecule has 0 atom stereocenters. The molecule has 0 fully saturated rings. The minimum absolute atomic E-state index is 0.658. The summed E-state index contributed by atoms with van der Waals surface area (Å²) in [6.45, 7) is 0. The molecule has 180 valence electrons. The molecular weight excluding hydrogens is 472 g/mol. The van der Waals surface area contributed by atoms with Crippen molar-refractivity contribution in [2.24, 2.45) is 0 Å². The fourth-order valence-corrected chi connectivity index (χ4v) is 6.21. The molecule has 2 heteroatoms. The van der Waals surface area contributed by atoms with Crippen LogP contribution in [0.25, 0.3) is 70.9 Å². The maximum Gasteiger partial charge on any atom is 0.0992 e. The minimum atomic E-state index is 0.658. The molecule has 0 bridgehead atoms. The summed E-state index contributed by atoms with van der Waals surface area (Å²) < 4.78 is 2.35. The highest BCUT2D eigenvalue weighted by molar-refractivity contribution is 6.22. The number of nitrogens with zero attached hydrogens (tertiary/aromatic N) is 2. The summed E-state index contributed by atoms with van der Waals surface area (Å²) in [5, 5.41) is 19.5. The lowest BCUT2D eigenvalue weighted by Gasteiger charge is -2.14. The van der Waals surface area contributed by atoms with Gasteiger partial charge >= 0.3 is 0 Å². The highest BCUT2D eigenvalue weighted by atomic mass is 15.0. The first-order valence-electron chi connectivity index (χ1n) is 13.2. The van der Waals surface area contributed by atoms with E-state index in [1.165, 1.54) is 38.1 Å². The van der Waals surface area contributed by atoms with Crippen molar-refractivity contribution >= 4 is 54.1 Å². The molecule has 39 heavy (non-hydrogen) atoms. The molecule has 8 aromatic rings. The van der Waals surface area contributed by atoms with Gasteiger partial charge in [-0.15, -0.1) is 0 Å². The average molecular weight is 495 g/mol. The largest absolute Gasteiger partial charge is 0.309 e. The second-order valence-corrected chi connectivity index (χ2v) is 10.1. The molecule has 0 saturated heterocycles. The van der Waals surface area contributed by atoms with Gasteiger partial charge in [0.25, 0.3) is 0 Å². The topological polar surface area (TPSA) is 28.7 Å². The van der Waals surface area contributed by atoms with E-state index in [9.17, 15) is 5.26 Å². The van der Waals surface area contributed by atoms with Crippen LogP contribution in [0.1, 0.15) is 5.56 Å². The molecule has 0 N–H and O–H groups in total. The van der Waals surface area contributed by atoms with Gasteiger partial charge in [-0.3, -0.25) is 0 Å². The fourth-order valence-electron chi connectivity index (χ4n) is 6.21. The normalized spacial score (nSPS) is 11.6. The molecule has 2 nitrogen and oxygen atoms in total. The van der Waals surface area contributed by atoms with Crippen LogP contribution in [0.15, 0.2) is 133 Å². The molecule has 0 saturated carbocycles. The fraction of sp³-hybridized carbons (Fsp3) is 0. The van der Waals surface area contributed by atoms with Crippen molar-refractivity contribution in [2.45, 2.75) is 0 Å². The molecule has 0 spiro atoms. The number of hydrogen-bond donors (Lipinski definition) is 0. The molecule has 1 aromatic heterocycles. The van der Waals surface area contributed by atoms with E-state index in [0.29, 0.717) is 5.56 Å². The van der Waals surface area contributed by atoms with E-state index in [0.717, 1.165) is 32.9 Å². The van der Waals surface area contributed by atoms with Crippen LogP contribution in [-0.2, 0) is 0 Å². The van der Waals surface area contributed by atoms with Gasteiger partial charge in [-0.05, 0) is 68.4 Å². The zero-order valence-electron chi connectivity index (χ0n) is 21.1. The zero-order valence-corrected chi connectivity index (χ0v) is 21.1. The van der Waals surface area contributed by atoms with Gasteiger partial charge in [0.15, 0.2) is 0 Å². The Bertz CT molecular complexity index is 2280. The Morgan fingerprint density at radius 2 is 1.15 bits per heavy atom. The average Bonchev–Trinajstić information content (AvgIpc) is 3.34. The highest BCUT2D eigenvalue weighted by Crippen LogP contribution is 2.41. The highest BCUT2D eigenvalue weighted by Gasteiger charge is 2.18. The van der Waals surface area contributed by atoms with Crippen LogP contribution in [0.3, 0.4) is 0 Å². The molecule has 0 aliphatic heterocycles. The first kappa shape index (κ1) is 21.7. The second-order valence-electron chi connectivity index (χ2n) is 10.1. The van der Waals surface area contributed by atoms with E-state index < -0.39 is 0 Å². The van der Waals surface area contributed by atoms with E-state index in [1.807, 2.05) is 12.1 Å². The van der Waals surface area contributed by atoms with Crippen LogP contribution < -0.4 is 0 Å². The van der Waals surface area contributed by atoms with Gasteiger partial charge in [-0.25, -0.2) is 0 Å². The number of hydrogen-bond acceptors (Lipinski definition) is 1. The van der Waals surface area contributed by atoms with Gasteiger partial charge in [-0.2, -0.15) is 5.26 Å². The first-order valence-corrected chi connectivity index (χ1v) is 13.2. The summed E-state index contributed by atoms with van der Waals surface area (Å²) in [7, 11) is 0. The molecular formula is C37H22N2. The number of rotatable bonds is 2. The smallest absolute Gasteiger partial charge is 0.0992 e. The second kappa shape index (κ2) is 8.31. The molecule has 0 unspecified atom stereocenters. The Morgan fingerprint density at radius 1 is 0.462 bits per heavy atom. The molecule has 0 radical (unpaired) electrons. The van der Waals surface area contributed by atoms with E-state index in [4.69, 9.17) is 0 Å². The first-order chi connectivity index (χ1) is 19.3. The number of aromatic nitrogens is 1. The lowest BCUT2D eigenvalue weighted by Crippen LogP contribution is -1.97. The Morgan fingerprint density at radius 3 is 1.97 bits per heavy atom. The van der Waals surface area contributed by atoms with E-state index in [1.54, 1.807) is 0 Å². The van der Waals surface area contributed by atoms with E-state index >= 15 is 0 Å². The van der Waals surface area contributed by atoms with Gasteiger partial charge in [0.05, 0.1) is 28.4 Å². The Labute approximate surface area is 225 Å². The summed E-state index contributed by atoms with van der Waals surface area (Å²) in [5.41, 5.74) is 6.34. The van der Waals surface area contributed by atoms with Gasteiger partial charge < -0.3 is 4.57 Å². The number of fused-ring (bicyclic) bond motifs is 8. The van der Waals surface area contributed by atoms with Crippen molar-refractivity contribution < 1.29 is 0 Å². The molecule has 8 rings (SSSR count). The third-order valence-electron chi connectivity index (χ3n) is 7.97. The Kier molecular flexibility index (Phi) is 4.62. The molecule has 0 aliphatic carbocycles. The zero-order chi connectivity index (χ0) is 25.9. The third kappa shape index (κ3) is 3.21. The van der Waals surface area contributed by atoms with Crippen molar-refractivity contribution in [1.82, 2.24) is 4.57 Å². The monoisotopic (exact) mass is 494 g/mol. The van der Waals surface area contributed by atoms with Gasteiger partial charge in [-0.1, -0.05) is 103 Å². The van der Waals surface area contributed by atoms with Crippen LogP contribution in [0.4, 0.5) is 0 Å². The van der Waals surface area contributed by atoms with Gasteiger partial charge in [0.1, 0.15) is 0 Å². The summed E-state index contributed by atoms with van der Waals surface area (Å²) >= 11 is 0. The van der Waals surface area contributed by atoms with Crippen molar-refractivity contribution in [3.8, 4) is 22.9 Å². The van der Waals surface area contributed by atoms with Crippen molar-refractivity contribution in [2.75, 3.05) is 0 Å². The number of benzene rings is 7. The Hall–Kier alpha value is -5.39.